The summed E-state index contributed by atoms with van der Waals surface area (Å²) >= 11 is 0. The highest BCUT2D eigenvalue weighted by atomic mass is 14.7. The van der Waals surface area contributed by atoms with E-state index in [4.69, 9.17) is 0 Å². The molecule has 0 fully saturated rings. The Kier molecular flexibility index (Phi) is 5.15. The summed E-state index contributed by atoms with van der Waals surface area (Å²) in [6.45, 7) is 2.29. The third-order valence-corrected chi connectivity index (χ3v) is 4.14. The average Bonchev–Trinajstić information content (AvgIpc) is 2.79. The van der Waals surface area contributed by atoms with Gasteiger partial charge in [0.25, 0.3) is 0 Å². The molecule has 1 N–H and O–H groups in total. The van der Waals surface area contributed by atoms with Gasteiger partial charge in [-0.15, -0.1) is 0 Å². The van der Waals surface area contributed by atoms with Gasteiger partial charge in [-0.3, -0.25) is 0 Å². The minimum Gasteiger partial charge on any atom is -0.365 e. The lowest BCUT2D eigenvalue weighted by Gasteiger charge is -2.16. The second kappa shape index (κ2) is 6.88. The molecule has 1 heterocycles. The van der Waals surface area contributed by atoms with Crippen LogP contribution in [0.25, 0.3) is 0 Å². The van der Waals surface area contributed by atoms with Crippen molar-refractivity contribution in [1.82, 2.24) is 4.98 Å². The highest BCUT2D eigenvalue weighted by molar-refractivity contribution is 5.21. The highest BCUT2D eigenvalue weighted by Gasteiger charge is 2.14. The average molecular weight is 233 g/mol. The van der Waals surface area contributed by atoms with E-state index < -0.39 is 0 Å². The van der Waals surface area contributed by atoms with Crippen molar-refractivity contribution in [2.45, 2.75) is 77.0 Å². The quantitative estimate of drug-likeness (QED) is 0.689. The molecule has 1 unspecified atom stereocenters. The second-order valence-electron chi connectivity index (χ2n) is 5.60. The van der Waals surface area contributed by atoms with Crippen LogP contribution in [0.2, 0.25) is 0 Å². The number of fused-ring (bicyclic) bond motifs is 2. The molecule has 1 atom stereocenters. The van der Waals surface area contributed by atoms with E-state index in [-0.39, 0.29) is 0 Å². The first-order chi connectivity index (χ1) is 8.40. The molecule has 1 aromatic heterocycles. The molecule has 1 aliphatic rings. The molecule has 1 aromatic rings. The molecule has 2 rings (SSSR count). The number of aromatic amines is 1. The molecule has 1 aliphatic carbocycles. The van der Waals surface area contributed by atoms with Crippen LogP contribution in [0.3, 0.4) is 0 Å². The van der Waals surface area contributed by atoms with Crippen LogP contribution in [0.15, 0.2) is 12.3 Å². The number of aromatic nitrogens is 1. The summed E-state index contributed by atoms with van der Waals surface area (Å²) in [4.78, 5) is 3.47. The lowest BCUT2D eigenvalue weighted by atomic mass is 9.89. The molecule has 1 heteroatoms. The summed E-state index contributed by atoms with van der Waals surface area (Å²) in [6.07, 6.45) is 16.1. The van der Waals surface area contributed by atoms with E-state index in [1.54, 1.807) is 5.56 Å². The van der Waals surface area contributed by atoms with Gasteiger partial charge in [-0.2, -0.15) is 0 Å². The first-order valence-corrected chi connectivity index (χ1v) is 7.57. The smallest absolute Gasteiger partial charge is 0.0150 e. The fourth-order valence-corrected chi connectivity index (χ4v) is 3.02. The van der Waals surface area contributed by atoms with Gasteiger partial charge in [-0.05, 0) is 43.2 Å². The van der Waals surface area contributed by atoms with Crippen LogP contribution in [-0.4, -0.2) is 4.98 Å². The molecular weight excluding hydrogens is 206 g/mol. The zero-order valence-corrected chi connectivity index (χ0v) is 11.3. The molecule has 0 spiro atoms. The van der Waals surface area contributed by atoms with Gasteiger partial charge in [0.05, 0.1) is 0 Å². The van der Waals surface area contributed by atoms with Crippen molar-refractivity contribution < 1.29 is 0 Å². The van der Waals surface area contributed by atoms with Gasteiger partial charge in [0, 0.05) is 11.9 Å². The van der Waals surface area contributed by atoms with E-state index in [1.165, 1.54) is 69.9 Å². The van der Waals surface area contributed by atoms with Crippen molar-refractivity contribution in [3.05, 3.63) is 23.5 Å². The number of H-pyrrole nitrogens is 1. The van der Waals surface area contributed by atoms with Crippen LogP contribution < -0.4 is 0 Å². The first kappa shape index (κ1) is 12.7. The predicted molar refractivity (Wildman–Crippen MR) is 74.5 cm³/mol. The number of hydrogen-bond acceptors (Lipinski definition) is 0. The van der Waals surface area contributed by atoms with Crippen molar-refractivity contribution in [3.8, 4) is 0 Å². The molecule has 17 heavy (non-hydrogen) atoms. The summed E-state index contributed by atoms with van der Waals surface area (Å²) in [5.41, 5.74) is 3.04. The normalized spacial score (nSPS) is 21.4. The van der Waals surface area contributed by atoms with Crippen LogP contribution >= 0.6 is 0 Å². The fraction of sp³-hybridized carbons (Fsp3) is 0.750. The number of unbranched alkanes of at least 4 members (excludes halogenated alkanes) is 2. The van der Waals surface area contributed by atoms with Crippen LogP contribution in [0.5, 0.6) is 0 Å². The molecule has 0 amide bonds. The van der Waals surface area contributed by atoms with E-state index in [9.17, 15) is 0 Å². The summed E-state index contributed by atoms with van der Waals surface area (Å²) in [6, 6.07) is 2.43. The number of rotatable bonds is 4. The molecular formula is C16H27N. The standard InChI is InChI=1S/C16H27N/c1-2-3-6-9-14-10-7-4-5-8-11-16-12-15(14)13-17-16/h12-14,17H,2-11H2,1H3. The fourth-order valence-electron chi connectivity index (χ4n) is 3.02. The lowest BCUT2D eigenvalue weighted by Crippen LogP contribution is -1.99. The Balaban J connectivity index is 1.98. The van der Waals surface area contributed by atoms with Crippen molar-refractivity contribution >= 4 is 0 Å². The maximum Gasteiger partial charge on any atom is 0.0150 e. The maximum atomic E-state index is 3.47. The van der Waals surface area contributed by atoms with E-state index in [0.717, 1.165) is 5.92 Å². The van der Waals surface area contributed by atoms with Crippen LogP contribution in [0.4, 0.5) is 0 Å². The van der Waals surface area contributed by atoms with Crippen molar-refractivity contribution in [2.24, 2.45) is 0 Å². The second-order valence-corrected chi connectivity index (χ2v) is 5.60. The largest absolute Gasteiger partial charge is 0.365 e. The topological polar surface area (TPSA) is 15.8 Å². The highest BCUT2D eigenvalue weighted by Crippen LogP contribution is 2.30. The predicted octanol–water partition coefficient (Wildman–Crippen LogP) is 5.19. The summed E-state index contributed by atoms with van der Waals surface area (Å²) in [5.74, 6) is 0.824. The summed E-state index contributed by atoms with van der Waals surface area (Å²) < 4.78 is 0. The Hall–Kier alpha value is -0.720. The number of hydrogen-bond donors (Lipinski definition) is 1. The van der Waals surface area contributed by atoms with Crippen molar-refractivity contribution in [3.63, 3.8) is 0 Å². The van der Waals surface area contributed by atoms with Gasteiger partial charge >= 0.3 is 0 Å². The van der Waals surface area contributed by atoms with Gasteiger partial charge in [-0.1, -0.05) is 45.4 Å². The summed E-state index contributed by atoms with van der Waals surface area (Å²) in [5, 5.41) is 0. The van der Waals surface area contributed by atoms with E-state index in [0.29, 0.717) is 0 Å². The maximum absolute atomic E-state index is 3.47. The summed E-state index contributed by atoms with van der Waals surface area (Å²) in [7, 11) is 0. The monoisotopic (exact) mass is 233 g/mol. The molecule has 0 radical (unpaired) electrons. The molecule has 0 aromatic carbocycles. The molecule has 0 aliphatic heterocycles. The van der Waals surface area contributed by atoms with Gasteiger partial charge in [-0.25, -0.2) is 0 Å². The third-order valence-electron chi connectivity index (χ3n) is 4.14. The van der Waals surface area contributed by atoms with Gasteiger partial charge in [0.15, 0.2) is 0 Å². The van der Waals surface area contributed by atoms with E-state index in [1.807, 2.05) is 0 Å². The van der Waals surface area contributed by atoms with Crippen molar-refractivity contribution in [1.29, 1.82) is 0 Å². The SMILES string of the molecule is CCCCCC1CCCCCCc2cc1c[nH]2. The number of aryl methyl sites for hydroxylation is 1. The minimum absolute atomic E-state index is 0.824. The van der Waals surface area contributed by atoms with Crippen LogP contribution in [-0.2, 0) is 6.42 Å². The Morgan fingerprint density at radius 3 is 2.94 bits per heavy atom. The zero-order chi connectivity index (χ0) is 11.9. The lowest BCUT2D eigenvalue weighted by molar-refractivity contribution is 0.497. The Morgan fingerprint density at radius 1 is 1.18 bits per heavy atom. The Morgan fingerprint density at radius 2 is 2.06 bits per heavy atom. The Labute approximate surface area is 106 Å². The van der Waals surface area contributed by atoms with E-state index in [2.05, 4.69) is 24.2 Å². The molecule has 2 bridgehead atoms. The molecule has 0 saturated heterocycles. The Bertz CT molecular complexity index is 313. The van der Waals surface area contributed by atoms with Crippen LogP contribution in [0, 0.1) is 0 Å². The van der Waals surface area contributed by atoms with Crippen LogP contribution in [0.1, 0.15) is 81.9 Å². The zero-order valence-electron chi connectivity index (χ0n) is 11.3. The number of nitrogens with one attached hydrogen (secondary N) is 1. The van der Waals surface area contributed by atoms with Crippen molar-refractivity contribution in [2.75, 3.05) is 0 Å². The van der Waals surface area contributed by atoms with Gasteiger partial charge in [0.1, 0.15) is 0 Å². The molecule has 1 nitrogen and oxygen atoms in total. The first-order valence-electron chi connectivity index (χ1n) is 7.57. The minimum atomic E-state index is 0.824. The van der Waals surface area contributed by atoms with Gasteiger partial charge < -0.3 is 4.98 Å². The van der Waals surface area contributed by atoms with E-state index >= 15 is 0 Å². The third kappa shape index (κ3) is 3.90. The van der Waals surface area contributed by atoms with Gasteiger partial charge in [0.2, 0.25) is 0 Å². The molecule has 96 valence electrons. The molecule has 0 saturated carbocycles.